The molecule has 158 valence electrons. The van der Waals surface area contributed by atoms with Crippen molar-refractivity contribution in [2.45, 2.75) is 6.92 Å². The van der Waals surface area contributed by atoms with E-state index in [2.05, 4.69) is 4.98 Å². The number of pyridine rings is 1. The van der Waals surface area contributed by atoms with Crippen molar-refractivity contribution in [1.29, 1.82) is 0 Å². The number of hydrogen-bond acceptors (Lipinski definition) is 7. The summed E-state index contributed by atoms with van der Waals surface area (Å²) in [5.74, 6) is 0.373. The Morgan fingerprint density at radius 2 is 1.97 bits per heavy atom. The van der Waals surface area contributed by atoms with Crippen LogP contribution in [-0.4, -0.2) is 23.8 Å². The Balaban J connectivity index is 1.42. The average molecular weight is 427 g/mol. The summed E-state index contributed by atoms with van der Waals surface area (Å²) in [7, 11) is 1.53. The van der Waals surface area contributed by atoms with Crippen LogP contribution < -0.4 is 14.2 Å². The summed E-state index contributed by atoms with van der Waals surface area (Å²) in [6.07, 6.45) is 3.21. The van der Waals surface area contributed by atoms with Crippen molar-refractivity contribution < 1.29 is 28.2 Å². The van der Waals surface area contributed by atoms with E-state index in [0.717, 1.165) is 5.39 Å². The second-order valence-corrected chi connectivity index (χ2v) is 7.19. The van der Waals surface area contributed by atoms with Gasteiger partial charge in [-0.15, -0.1) is 0 Å². The van der Waals surface area contributed by atoms with E-state index in [-0.39, 0.29) is 23.1 Å². The van der Waals surface area contributed by atoms with Gasteiger partial charge in [-0.1, -0.05) is 18.2 Å². The highest BCUT2D eigenvalue weighted by Gasteiger charge is 2.30. The Morgan fingerprint density at radius 3 is 2.75 bits per heavy atom. The van der Waals surface area contributed by atoms with Crippen molar-refractivity contribution >= 4 is 28.8 Å². The van der Waals surface area contributed by atoms with E-state index in [9.17, 15) is 9.59 Å². The number of allylic oxidation sites excluding steroid dienone is 1. The summed E-state index contributed by atoms with van der Waals surface area (Å²) >= 11 is 0. The van der Waals surface area contributed by atoms with E-state index >= 15 is 0 Å². The molecule has 0 unspecified atom stereocenters. The fourth-order valence-corrected chi connectivity index (χ4v) is 3.59. The number of benzene rings is 2. The molecular formula is C25H17NO6. The molecule has 0 bridgehead atoms. The number of aromatic nitrogens is 1. The van der Waals surface area contributed by atoms with E-state index in [4.69, 9.17) is 18.6 Å². The number of furan rings is 1. The molecule has 0 fully saturated rings. The molecule has 7 nitrogen and oxygen atoms in total. The minimum Gasteiger partial charge on any atom is -0.493 e. The third-order valence-corrected chi connectivity index (χ3v) is 5.05. The van der Waals surface area contributed by atoms with Crippen LogP contribution in [0.2, 0.25) is 0 Å². The van der Waals surface area contributed by atoms with Crippen molar-refractivity contribution in [3.8, 4) is 17.2 Å². The highest BCUT2D eigenvalue weighted by molar-refractivity contribution is 6.15. The molecular weight excluding hydrogens is 410 g/mol. The summed E-state index contributed by atoms with van der Waals surface area (Å²) in [5, 5.41) is 0.722. The van der Waals surface area contributed by atoms with Crippen molar-refractivity contribution in [2.75, 3.05) is 7.11 Å². The largest absolute Gasteiger partial charge is 0.493 e. The van der Waals surface area contributed by atoms with Gasteiger partial charge in [-0.2, -0.15) is 0 Å². The average Bonchev–Trinajstić information content (AvgIpc) is 3.36. The molecule has 2 aromatic heterocycles. The molecule has 0 spiro atoms. The monoisotopic (exact) mass is 427 g/mol. The van der Waals surface area contributed by atoms with Gasteiger partial charge in [0.15, 0.2) is 17.1 Å². The number of carbonyl (C=O) groups excluding carboxylic acids is 2. The summed E-state index contributed by atoms with van der Waals surface area (Å²) in [6.45, 7) is 1.76. The van der Waals surface area contributed by atoms with E-state index in [1.165, 1.54) is 13.2 Å². The number of methoxy groups -OCH3 is 1. The topological polar surface area (TPSA) is 87.9 Å². The zero-order valence-corrected chi connectivity index (χ0v) is 17.2. The van der Waals surface area contributed by atoms with E-state index in [1.807, 2.05) is 12.1 Å². The minimum absolute atomic E-state index is 0.0374. The molecule has 0 saturated heterocycles. The lowest BCUT2D eigenvalue weighted by atomic mass is 10.0. The Hall–Kier alpha value is -4.39. The molecule has 0 radical (unpaired) electrons. The van der Waals surface area contributed by atoms with Gasteiger partial charge in [-0.25, -0.2) is 4.79 Å². The predicted molar refractivity (Wildman–Crippen MR) is 116 cm³/mol. The Kier molecular flexibility index (Phi) is 4.71. The van der Waals surface area contributed by atoms with Crippen LogP contribution in [0.4, 0.5) is 0 Å². The van der Waals surface area contributed by atoms with Gasteiger partial charge in [0.2, 0.25) is 11.5 Å². The lowest BCUT2D eigenvalue weighted by Crippen LogP contribution is -2.07. The highest BCUT2D eigenvalue weighted by atomic mass is 16.6. The van der Waals surface area contributed by atoms with Crippen LogP contribution in [0.5, 0.6) is 17.2 Å². The maximum Gasteiger partial charge on any atom is 0.379 e. The fraction of sp³-hybridized carbons (Fsp3) is 0.0800. The van der Waals surface area contributed by atoms with Gasteiger partial charge in [0.25, 0.3) is 0 Å². The number of ketones is 1. The number of hydrogen-bond donors (Lipinski definition) is 0. The quantitative estimate of drug-likeness (QED) is 0.258. The normalized spacial score (nSPS) is 13.8. The maximum atomic E-state index is 12.8. The van der Waals surface area contributed by atoms with Crippen LogP contribution in [0.1, 0.15) is 32.2 Å². The van der Waals surface area contributed by atoms with Gasteiger partial charge in [0.1, 0.15) is 11.5 Å². The van der Waals surface area contributed by atoms with Crippen molar-refractivity contribution in [3.63, 3.8) is 0 Å². The Bertz CT molecular complexity index is 1400. The van der Waals surface area contributed by atoms with E-state index < -0.39 is 5.97 Å². The summed E-state index contributed by atoms with van der Waals surface area (Å²) in [6, 6.07) is 15.5. The molecule has 7 heteroatoms. The van der Waals surface area contributed by atoms with Crippen LogP contribution in [0.15, 0.2) is 71.0 Å². The Labute approximate surface area is 182 Å². The van der Waals surface area contributed by atoms with Gasteiger partial charge < -0.3 is 18.6 Å². The number of Topliss-reactive ketones (excluding diaryl/α,β-unsaturated/α-hetero) is 1. The third-order valence-electron chi connectivity index (χ3n) is 5.05. The molecule has 0 saturated carbocycles. The first kappa shape index (κ1) is 19.6. The van der Waals surface area contributed by atoms with Crippen molar-refractivity contribution in [2.24, 2.45) is 0 Å². The number of rotatable bonds is 4. The number of ether oxygens (including phenoxy) is 3. The SMILES string of the molecule is COc1cccc2cc(C(=O)Oc3cc(C)c4c(c3)O/C(=C\c3ccccn3)C4=O)oc12. The minimum atomic E-state index is -0.670. The van der Waals surface area contributed by atoms with E-state index in [0.29, 0.717) is 33.9 Å². The molecule has 0 N–H and O–H groups in total. The van der Waals surface area contributed by atoms with Crippen LogP contribution in [0.25, 0.3) is 17.0 Å². The van der Waals surface area contributed by atoms with Gasteiger partial charge in [0.05, 0.1) is 18.4 Å². The molecule has 0 aliphatic carbocycles. The molecule has 32 heavy (non-hydrogen) atoms. The molecule has 0 atom stereocenters. The van der Waals surface area contributed by atoms with Crippen molar-refractivity contribution in [3.05, 3.63) is 89.1 Å². The first-order valence-electron chi connectivity index (χ1n) is 9.82. The van der Waals surface area contributed by atoms with Gasteiger partial charge in [-0.05, 0) is 42.8 Å². The number of aryl methyl sites for hydroxylation is 1. The third kappa shape index (κ3) is 3.39. The second-order valence-electron chi connectivity index (χ2n) is 7.19. The first-order chi connectivity index (χ1) is 15.5. The lowest BCUT2D eigenvalue weighted by molar-refractivity contribution is 0.0703. The molecule has 3 heterocycles. The lowest BCUT2D eigenvalue weighted by Gasteiger charge is -2.06. The Morgan fingerprint density at radius 1 is 1.09 bits per heavy atom. The predicted octanol–water partition coefficient (Wildman–Crippen LogP) is 4.98. The molecule has 0 amide bonds. The van der Waals surface area contributed by atoms with Crippen molar-refractivity contribution in [1.82, 2.24) is 4.98 Å². The van der Waals surface area contributed by atoms with Crippen LogP contribution in [0.3, 0.4) is 0 Å². The van der Waals surface area contributed by atoms with Gasteiger partial charge in [0, 0.05) is 23.7 Å². The standard InChI is InChI=1S/C25H17NO6/c1-14-10-17(30-25(28)21-11-15-6-5-8-18(29-2)24(15)32-21)13-19-22(14)23(27)20(31-19)12-16-7-3-4-9-26-16/h3-13H,1-2H3/b20-12-. The zero-order chi connectivity index (χ0) is 22.2. The number of carbonyl (C=O) groups is 2. The second kappa shape index (κ2) is 7.70. The van der Waals surface area contributed by atoms with Crippen LogP contribution >= 0.6 is 0 Å². The molecule has 4 aromatic rings. The summed E-state index contributed by atoms with van der Waals surface area (Å²) in [4.78, 5) is 29.6. The van der Waals surface area contributed by atoms with Gasteiger partial charge >= 0.3 is 5.97 Å². The van der Waals surface area contributed by atoms with E-state index in [1.54, 1.807) is 55.6 Å². The zero-order valence-electron chi connectivity index (χ0n) is 17.2. The number of nitrogens with zero attached hydrogens (tertiary/aromatic N) is 1. The molecule has 5 rings (SSSR count). The first-order valence-corrected chi connectivity index (χ1v) is 9.82. The smallest absolute Gasteiger partial charge is 0.379 e. The fourth-order valence-electron chi connectivity index (χ4n) is 3.59. The molecule has 1 aliphatic heterocycles. The summed E-state index contributed by atoms with van der Waals surface area (Å²) in [5.41, 5.74) is 2.13. The maximum absolute atomic E-state index is 12.8. The number of esters is 1. The van der Waals surface area contributed by atoms with Crippen LogP contribution in [-0.2, 0) is 0 Å². The summed E-state index contributed by atoms with van der Waals surface area (Å²) < 4.78 is 22.2. The molecule has 2 aromatic carbocycles. The number of para-hydroxylation sites is 1. The molecule has 1 aliphatic rings. The van der Waals surface area contributed by atoms with Gasteiger partial charge in [-0.3, -0.25) is 9.78 Å². The highest BCUT2D eigenvalue weighted by Crippen LogP contribution is 2.38. The number of fused-ring (bicyclic) bond motifs is 2. The van der Waals surface area contributed by atoms with Crippen LogP contribution in [0, 0.1) is 6.92 Å².